The van der Waals surface area contributed by atoms with E-state index < -0.39 is 35.1 Å². The van der Waals surface area contributed by atoms with Crippen LogP contribution in [-0.4, -0.2) is 26.3 Å². The molecule has 5 aromatic rings. The Morgan fingerprint density at radius 3 is 2.27 bits per heavy atom. The monoisotopic (exact) mass is 552 g/mol. The maximum Gasteiger partial charge on any atom is 0.352 e. The van der Waals surface area contributed by atoms with Crippen LogP contribution in [0.3, 0.4) is 0 Å². The predicted molar refractivity (Wildman–Crippen MR) is 153 cm³/mol. The van der Waals surface area contributed by atoms with Crippen LogP contribution in [0.4, 0.5) is 0 Å². The Bertz CT molecular complexity index is 1840. The fourth-order valence-electron chi connectivity index (χ4n) is 5.36. The van der Waals surface area contributed by atoms with Gasteiger partial charge < -0.3 is 14.4 Å². The van der Waals surface area contributed by atoms with Gasteiger partial charge in [-0.1, -0.05) is 72.3 Å². The zero-order valence-electron chi connectivity index (χ0n) is 23.5. The van der Waals surface area contributed by atoms with E-state index in [1.807, 2.05) is 84.5 Å². The van der Waals surface area contributed by atoms with E-state index in [1.165, 1.54) is 14.1 Å². The van der Waals surface area contributed by atoms with E-state index in [4.69, 9.17) is 4.74 Å². The first-order valence-electron chi connectivity index (χ1n) is 13.5. The van der Waals surface area contributed by atoms with Crippen molar-refractivity contribution < 1.29 is 19.2 Å². The molecule has 2 atom stereocenters. The van der Waals surface area contributed by atoms with Crippen molar-refractivity contribution in [2.24, 2.45) is 14.1 Å². The number of esters is 1. The number of ether oxygens (including phenoxy) is 1. The summed E-state index contributed by atoms with van der Waals surface area (Å²) < 4.78 is 11.2. The van der Waals surface area contributed by atoms with Gasteiger partial charge in [0.05, 0.1) is 12.5 Å². The number of para-hydroxylation sites is 2. The molecule has 2 aromatic heterocycles. The third-order valence-corrected chi connectivity index (χ3v) is 7.46. The Hall–Kier alpha value is -4.92. The minimum absolute atomic E-state index is 0.106. The Morgan fingerprint density at radius 1 is 0.927 bits per heavy atom. The summed E-state index contributed by atoms with van der Waals surface area (Å²) in [6.45, 7) is 4.28. The lowest BCUT2D eigenvalue weighted by Gasteiger charge is -2.29. The highest BCUT2D eigenvalue weighted by Gasteiger charge is 2.41. The van der Waals surface area contributed by atoms with Crippen LogP contribution in [0.1, 0.15) is 41.1 Å². The second-order valence-corrected chi connectivity index (χ2v) is 10.1. The summed E-state index contributed by atoms with van der Waals surface area (Å²) >= 11 is 0. The number of nitrogens with zero attached hydrogens (tertiary/aromatic N) is 4. The number of aryl methyl sites for hydroxylation is 1. The molecule has 0 saturated heterocycles. The average molecular weight is 553 g/mol. The van der Waals surface area contributed by atoms with E-state index >= 15 is 0 Å². The molecule has 0 aliphatic rings. The van der Waals surface area contributed by atoms with Crippen molar-refractivity contribution in [1.29, 1.82) is 0 Å². The highest BCUT2D eigenvalue weighted by atomic mass is 16.5. The topological polar surface area (TPSA) is 102 Å². The van der Waals surface area contributed by atoms with Gasteiger partial charge in [0.25, 0.3) is 5.56 Å². The van der Waals surface area contributed by atoms with E-state index in [2.05, 4.69) is 0 Å². The minimum Gasteiger partial charge on any atom is -0.860 e. The maximum absolute atomic E-state index is 13.9. The van der Waals surface area contributed by atoms with Gasteiger partial charge in [-0.2, -0.15) is 0 Å². The zero-order valence-corrected chi connectivity index (χ0v) is 23.5. The van der Waals surface area contributed by atoms with Crippen molar-refractivity contribution in [2.45, 2.75) is 32.4 Å². The van der Waals surface area contributed by atoms with Crippen molar-refractivity contribution in [3.63, 3.8) is 0 Å². The van der Waals surface area contributed by atoms with Crippen LogP contribution in [-0.2, 0) is 30.2 Å². The Balaban J connectivity index is 1.83. The first-order valence-corrected chi connectivity index (χ1v) is 13.5. The SMILES string of the molecule is CCOC(=O)C(C(c1ccc(C)cc1)c1c([O-])n(C)c(=O)n(C)c1=O)n1c[n+](Cc2ccccc2)c2ccccc21. The number of imidazole rings is 1. The number of aromatic nitrogens is 4. The van der Waals surface area contributed by atoms with Crippen LogP contribution in [0, 0.1) is 6.92 Å². The van der Waals surface area contributed by atoms with Crippen LogP contribution >= 0.6 is 0 Å². The van der Waals surface area contributed by atoms with E-state index in [1.54, 1.807) is 23.6 Å². The molecule has 2 unspecified atom stereocenters. The number of hydrogen-bond acceptors (Lipinski definition) is 5. The third kappa shape index (κ3) is 5.06. The first kappa shape index (κ1) is 27.6. The molecule has 0 bridgehead atoms. The molecule has 0 amide bonds. The first-order chi connectivity index (χ1) is 19.7. The summed E-state index contributed by atoms with van der Waals surface area (Å²) in [4.78, 5) is 40.2. The zero-order chi connectivity index (χ0) is 29.3. The lowest BCUT2D eigenvalue weighted by Crippen LogP contribution is -2.43. The Labute approximate surface area is 237 Å². The molecule has 9 nitrogen and oxygen atoms in total. The van der Waals surface area contributed by atoms with E-state index in [-0.39, 0.29) is 12.2 Å². The normalized spacial score (nSPS) is 12.8. The van der Waals surface area contributed by atoms with Crippen molar-refractivity contribution in [2.75, 3.05) is 6.61 Å². The molecule has 9 heteroatoms. The fraction of sp³-hybridized carbons (Fsp3) is 0.250. The Morgan fingerprint density at radius 2 is 1.59 bits per heavy atom. The average Bonchev–Trinajstić information content (AvgIpc) is 3.33. The number of rotatable bonds is 8. The van der Waals surface area contributed by atoms with Crippen molar-refractivity contribution in [3.05, 3.63) is 128 Å². The predicted octanol–water partition coefficient (Wildman–Crippen LogP) is 2.69. The highest BCUT2D eigenvalue weighted by molar-refractivity contribution is 5.81. The summed E-state index contributed by atoms with van der Waals surface area (Å²) in [6, 6.07) is 23.8. The van der Waals surface area contributed by atoms with Crippen molar-refractivity contribution >= 4 is 17.0 Å². The number of benzene rings is 3. The van der Waals surface area contributed by atoms with Gasteiger partial charge in [-0.15, -0.1) is 0 Å². The van der Waals surface area contributed by atoms with E-state index in [0.717, 1.165) is 31.3 Å². The van der Waals surface area contributed by atoms with Crippen LogP contribution in [0.5, 0.6) is 5.88 Å². The molecular formula is C32H32N4O5. The van der Waals surface area contributed by atoms with Gasteiger partial charge in [0.1, 0.15) is 6.54 Å². The van der Waals surface area contributed by atoms with Gasteiger partial charge in [-0.25, -0.2) is 18.7 Å². The summed E-state index contributed by atoms with van der Waals surface area (Å²) in [7, 11) is 2.66. The Kier molecular flexibility index (Phi) is 7.61. The van der Waals surface area contributed by atoms with Gasteiger partial charge in [-0.05, 0) is 43.0 Å². The molecule has 210 valence electrons. The summed E-state index contributed by atoms with van der Waals surface area (Å²) in [6.07, 6.45) is 1.83. The number of hydrogen-bond donors (Lipinski definition) is 0. The molecule has 0 spiro atoms. The minimum atomic E-state index is -1.13. The maximum atomic E-state index is 13.9. The van der Waals surface area contributed by atoms with Crippen LogP contribution in [0.2, 0.25) is 0 Å². The summed E-state index contributed by atoms with van der Waals surface area (Å²) in [5.74, 6) is -2.39. The molecule has 3 aromatic carbocycles. The number of carbonyl (C=O) groups is 1. The standard InChI is InChI=1S/C32H32N4O5/c1-5-41-31(39)28(36-20-35(19-22-11-7-6-8-12-22)24-13-9-10-14-25(24)36)26(23-17-15-21(2)16-18-23)27-29(37)33(3)32(40)34(4)30(27)38/h6-18,20,26,28H,5,19H2,1-4H3. The van der Waals surface area contributed by atoms with Crippen LogP contribution < -0.4 is 20.9 Å². The van der Waals surface area contributed by atoms with E-state index in [9.17, 15) is 19.5 Å². The van der Waals surface area contributed by atoms with Crippen LogP contribution in [0.25, 0.3) is 11.0 Å². The molecule has 0 saturated carbocycles. The molecule has 41 heavy (non-hydrogen) atoms. The number of carbonyl (C=O) groups excluding carboxylic acids is 1. The van der Waals surface area contributed by atoms with Crippen LogP contribution in [0.15, 0.2) is 94.8 Å². The van der Waals surface area contributed by atoms with E-state index in [0.29, 0.717) is 12.1 Å². The third-order valence-electron chi connectivity index (χ3n) is 7.46. The van der Waals surface area contributed by atoms with Crippen molar-refractivity contribution in [1.82, 2.24) is 13.7 Å². The molecule has 0 radical (unpaired) electrons. The van der Waals surface area contributed by atoms with Gasteiger partial charge in [-0.3, -0.25) is 9.36 Å². The molecule has 0 aliphatic heterocycles. The number of fused-ring (bicyclic) bond motifs is 1. The molecule has 5 rings (SSSR count). The second kappa shape index (κ2) is 11.3. The second-order valence-electron chi connectivity index (χ2n) is 10.1. The van der Waals surface area contributed by atoms with Gasteiger partial charge >= 0.3 is 11.7 Å². The lowest BCUT2D eigenvalue weighted by atomic mass is 9.85. The van der Waals surface area contributed by atoms with Crippen molar-refractivity contribution in [3.8, 4) is 5.88 Å². The van der Waals surface area contributed by atoms with Gasteiger partial charge in [0.2, 0.25) is 12.4 Å². The molecular weight excluding hydrogens is 520 g/mol. The largest absolute Gasteiger partial charge is 0.860 e. The molecule has 0 aliphatic carbocycles. The quantitative estimate of drug-likeness (QED) is 0.218. The lowest BCUT2D eigenvalue weighted by molar-refractivity contribution is -0.663. The molecule has 0 fully saturated rings. The molecule has 0 N–H and O–H groups in total. The highest BCUT2D eigenvalue weighted by Crippen LogP contribution is 2.38. The van der Waals surface area contributed by atoms with Gasteiger partial charge in [0, 0.05) is 19.7 Å². The summed E-state index contributed by atoms with van der Waals surface area (Å²) in [5.41, 5.74) is 2.56. The molecule has 2 heterocycles. The fourth-order valence-corrected chi connectivity index (χ4v) is 5.36. The summed E-state index contributed by atoms with van der Waals surface area (Å²) in [5, 5.41) is 13.7. The smallest absolute Gasteiger partial charge is 0.352 e. The van der Waals surface area contributed by atoms with Gasteiger partial charge in [0.15, 0.2) is 11.0 Å².